The van der Waals surface area contributed by atoms with Gasteiger partial charge < -0.3 is 14.8 Å². The predicted molar refractivity (Wildman–Crippen MR) is 82.6 cm³/mol. The van der Waals surface area contributed by atoms with E-state index in [1.807, 2.05) is 0 Å². The molecule has 1 N–H and O–H groups in total. The molecule has 0 spiro atoms. The lowest BCUT2D eigenvalue weighted by atomic mass is 10.0. The third kappa shape index (κ3) is 2.73. The molecule has 2 aliphatic rings. The number of aryl methyl sites for hydroxylation is 1. The molecule has 0 bridgehead atoms. The number of nitrogens with zero attached hydrogens (tertiary/aromatic N) is 3. The zero-order valence-corrected chi connectivity index (χ0v) is 14.0. The Morgan fingerprint density at radius 3 is 2.43 bits per heavy atom. The van der Waals surface area contributed by atoms with Crippen molar-refractivity contribution >= 4 is 21.7 Å². The van der Waals surface area contributed by atoms with Crippen molar-refractivity contribution in [2.75, 3.05) is 24.6 Å². The first-order chi connectivity index (χ1) is 10.8. The van der Waals surface area contributed by atoms with Gasteiger partial charge in [-0.25, -0.2) is 13.4 Å². The second-order valence-electron chi connectivity index (χ2n) is 6.03. The van der Waals surface area contributed by atoms with Crippen molar-refractivity contribution in [2.45, 2.75) is 32.4 Å². The normalized spacial score (nSPS) is 26.2. The third-order valence-corrected chi connectivity index (χ3v) is 6.29. The second kappa shape index (κ2) is 5.63. The number of fused-ring (bicyclic) bond motifs is 1. The molecule has 1 aromatic rings. The minimum absolute atomic E-state index is 0.0693. The number of nitrogens with one attached hydrogen (secondary N) is 1. The van der Waals surface area contributed by atoms with Gasteiger partial charge in [0.1, 0.15) is 5.69 Å². The molecule has 2 atom stereocenters. The highest BCUT2D eigenvalue weighted by Crippen LogP contribution is 2.28. The number of H-pyrrole nitrogens is 1. The van der Waals surface area contributed by atoms with E-state index in [0.717, 1.165) is 0 Å². The Morgan fingerprint density at radius 2 is 1.87 bits per heavy atom. The molecule has 0 unspecified atom stereocenters. The summed E-state index contributed by atoms with van der Waals surface area (Å²) in [6.45, 7) is 4.19. The van der Waals surface area contributed by atoms with Crippen LogP contribution in [-0.4, -0.2) is 76.7 Å². The van der Waals surface area contributed by atoms with E-state index in [9.17, 15) is 18.0 Å². The van der Waals surface area contributed by atoms with Crippen molar-refractivity contribution in [3.63, 3.8) is 0 Å². The number of aromatic amines is 1. The molecule has 9 heteroatoms. The number of carbonyl (C=O) groups is 2. The number of aromatic nitrogens is 2. The molecule has 3 heterocycles. The summed E-state index contributed by atoms with van der Waals surface area (Å²) in [6.07, 6.45) is 1.78. The number of imidazole rings is 1. The largest absolute Gasteiger partial charge is 0.348 e. The fourth-order valence-electron chi connectivity index (χ4n) is 3.43. The lowest BCUT2D eigenvalue weighted by molar-refractivity contribution is -0.135. The molecule has 2 aliphatic heterocycles. The Bertz CT molecular complexity index is 742. The number of rotatable bonds is 2. The Hall–Kier alpha value is -1.90. The first-order valence-electron chi connectivity index (χ1n) is 7.65. The molecule has 23 heavy (non-hydrogen) atoms. The van der Waals surface area contributed by atoms with Crippen LogP contribution in [0.2, 0.25) is 0 Å². The van der Waals surface area contributed by atoms with Crippen molar-refractivity contribution < 1.29 is 18.0 Å². The summed E-state index contributed by atoms with van der Waals surface area (Å²) in [6, 6.07) is -0.947. The Kier molecular flexibility index (Phi) is 3.91. The average molecular weight is 340 g/mol. The Balaban J connectivity index is 1.91. The zero-order valence-electron chi connectivity index (χ0n) is 13.2. The highest BCUT2D eigenvalue weighted by atomic mass is 32.2. The van der Waals surface area contributed by atoms with Gasteiger partial charge >= 0.3 is 0 Å². The van der Waals surface area contributed by atoms with Gasteiger partial charge in [-0.05, 0) is 6.92 Å². The summed E-state index contributed by atoms with van der Waals surface area (Å²) in [4.78, 5) is 34.9. The summed E-state index contributed by atoms with van der Waals surface area (Å²) in [7, 11) is -3.26. The van der Waals surface area contributed by atoms with Gasteiger partial charge in [-0.15, -0.1) is 0 Å². The van der Waals surface area contributed by atoms with Gasteiger partial charge in [0.25, 0.3) is 5.91 Å². The number of piperazine rings is 1. The Morgan fingerprint density at radius 1 is 1.26 bits per heavy atom. The van der Waals surface area contributed by atoms with Crippen LogP contribution >= 0.6 is 0 Å². The maximum absolute atomic E-state index is 12.7. The van der Waals surface area contributed by atoms with Gasteiger partial charge in [-0.1, -0.05) is 6.92 Å². The van der Waals surface area contributed by atoms with Crippen molar-refractivity contribution in [2.24, 2.45) is 0 Å². The van der Waals surface area contributed by atoms with Crippen molar-refractivity contribution in [1.29, 1.82) is 0 Å². The maximum Gasteiger partial charge on any atom is 0.274 e. The average Bonchev–Trinajstić information content (AvgIpc) is 3.06. The molecule has 0 aromatic carbocycles. The van der Waals surface area contributed by atoms with E-state index in [1.165, 1.54) is 6.33 Å². The highest BCUT2D eigenvalue weighted by Gasteiger charge is 2.49. The summed E-state index contributed by atoms with van der Waals surface area (Å²) >= 11 is 0. The molecule has 0 radical (unpaired) electrons. The molecule has 126 valence electrons. The fraction of sp³-hybridized carbons (Fsp3) is 0.643. The van der Waals surface area contributed by atoms with Crippen molar-refractivity contribution in [3.05, 3.63) is 17.7 Å². The molecule has 0 aliphatic carbocycles. The smallest absolute Gasteiger partial charge is 0.274 e. The topological polar surface area (TPSA) is 103 Å². The molecule has 8 nitrogen and oxygen atoms in total. The van der Waals surface area contributed by atoms with Crippen LogP contribution in [0.15, 0.2) is 6.33 Å². The van der Waals surface area contributed by atoms with Crippen molar-refractivity contribution in [3.8, 4) is 0 Å². The predicted octanol–water partition coefficient (Wildman–Crippen LogP) is -0.422. The van der Waals surface area contributed by atoms with Crippen LogP contribution in [-0.2, 0) is 14.6 Å². The van der Waals surface area contributed by atoms with Crippen LogP contribution in [0.5, 0.6) is 0 Å². The number of sulfone groups is 1. The van der Waals surface area contributed by atoms with Gasteiger partial charge in [0, 0.05) is 25.2 Å². The van der Waals surface area contributed by atoms with E-state index in [0.29, 0.717) is 30.9 Å². The van der Waals surface area contributed by atoms with Crippen LogP contribution in [0.25, 0.3) is 0 Å². The molecule has 3 rings (SSSR count). The summed E-state index contributed by atoms with van der Waals surface area (Å²) in [5.74, 6) is -0.521. The van der Waals surface area contributed by atoms with E-state index in [2.05, 4.69) is 9.97 Å². The van der Waals surface area contributed by atoms with Gasteiger partial charge in [-0.3, -0.25) is 9.59 Å². The van der Waals surface area contributed by atoms with Crippen LogP contribution in [0.3, 0.4) is 0 Å². The minimum atomic E-state index is -3.26. The first-order valence-corrected chi connectivity index (χ1v) is 9.47. The molecular weight excluding hydrogens is 320 g/mol. The Labute approximate surface area is 134 Å². The lowest BCUT2D eigenvalue weighted by Gasteiger charge is -2.43. The zero-order chi connectivity index (χ0) is 16.8. The molecule has 2 saturated heterocycles. The van der Waals surface area contributed by atoms with Crippen LogP contribution in [0.1, 0.15) is 29.5 Å². The summed E-state index contributed by atoms with van der Waals surface area (Å²) in [5.41, 5.74) is 0.961. The number of hydrogen-bond donors (Lipinski definition) is 1. The quantitative estimate of drug-likeness (QED) is 0.787. The summed E-state index contributed by atoms with van der Waals surface area (Å²) < 4.78 is 24.2. The van der Waals surface area contributed by atoms with E-state index < -0.39 is 21.9 Å². The van der Waals surface area contributed by atoms with Crippen molar-refractivity contribution in [1.82, 2.24) is 19.8 Å². The summed E-state index contributed by atoms with van der Waals surface area (Å²) in [5, 5.41) is 0. The van der Waals surface area contributed by atoms with E-state index in [-0.39, 0.29) is 23.3 Å². The van der Waals surface area contributed by atoms with E-state index >= 15 is 0 Å². The first kappa shape index (κ1) is 16.0. The maximum atomic E-state index is 12.7. The standard InChI is InChI=1S/C14H20N4O4S/c1-3-12(19)17-4-5-18(11-7-23(21,22)6-10(11)17)14(20)13-9(2)15-8-16-13/h8,10-11H,3-7H2,1-2H3,(H,15,16)/t10-,11+/m1/s1. The second-order valence-corrected chi connectivity index (χ2v) is 8.18. The van der Waals surface area contributed by atoms with E-state index in [4.69, 9.17) is 0 Å². The highest BCUT2D eigenvalue weighted by molar-refractivity contribution is 7.91. The van der Waals surface area contributed by atoms with Crippen LogP contribution in [0.4, 0.5) is 0 Å². The van der Waals surface area contributed by atoms with Gasteiger partial charge in [0.2, 0.25) is 5.91 Å². The number of hydrogen-bond acceptors (Lipinski definition) is 5. The monoisotopic (exact) mass is 340 g/mol. The van der Waals surface area contributed by atoms with Crippen LogP contribution in [0, 0.1) is 6.92 Å². The van der Waals surface area contributed by atoms with Gasteiger partial charge in [0.15, 0.2) is 9.84 Å². The molecular formula is C14H20N4O4S. The molecule has 1 aromatic heterocycles. The van der Waals surface area contributed by atoms with E-state index in [1.54, 1.807) is 23.6 Å². The lowest BCUT2D eigenvalue weighted by Crippen LogP contribution is -2.62. The molecule has 2 amide bonds. The van der Waals surface area contributed by atoms with Crippen LogP contribution < -0.4 is 0 Å². The molecule has 2 fully saturated rings. The third-order valence-electron chi connectivity index (χ3n) is 4.59. The number of carbonyl (C=O) groups excluding carboxylic acids is 2. The fourth-order valence-corrected chi connectivity index (χ4v) is 5.41. The van der Waals surface area contributed by atoms with Gasteiger partial charge in [-0.2, -0.15) is 0 Å². The SMILES string of the molecule is CCC(=O)N1CCN(C(=O)c2nc[nH]c2C)[C@H]2CS(=O)(=O)C[C@H]21. The number of amides is 2. The van der Waals surface area contributed by atoms with Gasteiger partial charge in [0.05, 0.1) is 29.9 Å². The minimum Gasteiger partial charge on any atom is -0.348 e. The molecule has 0 saturated carbocycles.